The van der Waals surface area contributed by atoms with Crippen molar-refractivity contribution in [2.24, 2.45) is 5.11 Å². The van der Waals surface area contributed by atoms with Crippen LogP contribution in [0.2, 0.25) is 0 Å². The molecule has 0 radical (unpaired) electrons. The minimum Gasteiger partial charge on any atom is -0.491 e. The molecule has 1 atom stereocenters. The van der Waals surface area contributed by atoms with E-state index in [1.165, 1.54) is 0 Å². The second kappa shape index (κ2) is 16.5. The van der Waals surface area contributed by atoms with Gasteiger partial charge in [0.05, 0.1) is 19.8 Å². The summed E-state index contributed by atoms with van der Waals surface area (Å²) in [6.07, 6.45) is -0.893. The first kappa shape index (κ1) is 25.7. The van der Waals surface area contributed by atoms with Gasteiger partial charge in [-0.1, -0.05) is 17.1 Å². The highest BCUT2D eigenvalue weighted by molar-refractivity contribution is 5.94. The highest BCUT2D eigenvalue weighted by atomic mass is 16.6. The zero-order valence-corrected chi connectivity index (χ0v) is 17.7. The summed E-state index contributed by atoms with van der Waals surface area (Å²) in [6.45, 7) is 3.17. The summed E-state index contributed by atoms with van der Waals surface area (Å²) in [4.78, 5) is 26.3. The van der Waals surface area contributed by atoms with Gasteiger partial charge in [-0.3, -0.25) is 9.59 Å². The number of benzene rings is 1. The number of nitrogens with zero attached hydrogens (tertiary/aromatic N) is 3. The van der Waals surface area contributed by atoms with Crippen LogP contribution < -0.4 is 20.7 Å². The summed E-state index contributed by atoms with van der Waals surface area (Å²) < 4.78 is 16.2. The number of hydrogen-bond acceptors (Lipinski definition) is 7. The Morgan fingerprint density at radius 1 is 1.26 bits per heavy atom. The van der Waals surface area contributed by atoms with E-state index in [-0.39, 0.29) is 44.8 Å². The predicted octanol–water partition coefficient (Wildman–Crippen LogP) is 0.824. The van der Waals surface area contributed by atoms with Crippen molar-refractivity contribution < 1.29 is 23.8 Å². The van der Waals surface area contributed by atoms with Crippen molar-refractivity contribution in [1.82, 2.24) is 16.0 Å². The van der Waals surface area contributed by atoms with Crippen LogP contribution >= 0.6 is 0 Å². The molecule has 2 amide bonds. The molecule has 0 fully saturated rings. The maximum atomic E-state index is 12.1. The second-order valence-corrected chi connectivity index (χ2v) is 5.98. The molecule has 0 aliphatic heterocycles. The summed E-state index contributed by atoms with van der Waals surface area (Å²) in [5.74, 6) is 5.31. The van der Waals surface area contributed by atoms with Crippen molar-refractivity contribution in [3.63, 3.8) is 0 Å². The van der Waals surface area contributed by atoms with Gasteiger partial charge in [0.25, 0.3) is 5.91 Å². The summed E-state index contributed by atoms with van der Waals surface area (Å²) >= 11 is 0. The fourth-order valence-electron chi connectivity index (χ4n) is 2.16. The number of ether oxygens (including phenoxy) is 3. The Morgan fingerprint density at radius 2 is 2.10 bits per heavy atom. The number of nitrogens with one attached hydrogen (secondary N) is 3. The molecule has 1 aromatic carbocycles. The molecule has 11 heteroatoms. The van der Waals surface area contributed by atoms with Gasteiger partial charge in [0.15, 0.2) is 6.23 Å². The molecular formula is C20H28N6O5. The van der Waals surface area contributed by atoms with Crippen LogP contribution in [0.1, 0.15) is 17.3 Å². The van der Waals surface area contributed by atoms with E-state index < -0.39 is 6.23 Å². The van der Waals surface area contributed by atoms with E-state index in [0.717, 1.165) is 0 Å². The molecule has 0 bridgehead atoms. The average Bonchev–Trinajstić information content (AvgIpc) is 2.77. The van der Waals surface area contributed by atoms with Gasteiger partial charge < -0.3 is 30.2 Å². The van der Waals surface area contributed by atoms with Crippen molar-refractivity contribution in [2.75, 3.05) is 53.1 Å². The molecule has 11 nitrogen and oxygen atoms in total. The lowest BCUT2D eigenvalue weighted by Crippen LogP contribution is -2.30. The lowest BCUT2D eigenvalue weighted by Gasteiger charge is -2.14. The van der Waals surface area contributed by atoms with Crippen LogP contribution in [0.25, 0.3) is 10.4 Å². The Labute approximate surface area is 181 Å². The second-order valence-electron chi connectivity index (χ2n) is 5.98. The Hall–Kier alpha value is -3.29. The van der Waals surface area contributed by atoms with Gasteiger partial charge in [0, 0.05) is 23.6 Å². The van der Waals surface area contributed by atoms with Gasteiger partial charge in [-0.25, -0.2) is 0 Å². The first-order valence-corrected chi connectivity index (χ1v) is 9.66. The van der Waals surface area contributed by atoms with Crippen molar-refractivity contribution in [2.45, 2.75) is 13.2 Å². The molecule has 0 aromatic heterocycles. The van der Waals surface area contributed by atoms with Gasteiger partial charge >= 0.3 is 0 Å². The number of amides is 2. The van der Waals surface area contributed by atoms with Crippen LogP contribution in [0.4, 0.5) is 0 Å². The normalized spacial score (nSPS) is 10.8. The van der Waals surface area contributed by atoms with Crippen LogP contribution in [0.3, 0.4) is 0 Å². The number of carbonyl (C=O) groups excluding carboxylic acids is 2. The number of rotatable bonds is 15. The van der Waals surface area contributed by atoms with E-state index in [4.69, 9.17) is 19.7 Å². The van der Waals surface area contributed by atoms with E-state index in [9.17, 15) is 9.59 Å². The molecule has 0 spiro atoms. The van der Waals surface area contributed by atoms with Gasteiger partial charge in [0.1, 0.15) is 19.0 Å². The quantitative estimate of drug-likeness (QED) is 0.123. The van der Waals surface area contributed by atoms with Crippen molar-refractivity contribution in [3.8, 4) is 17.6 Å². The third kappa shape index (κ3) is 12.1. The van der Waals surface area contributed by atoms with Gasteiger partial charge in [-0.05, 0) is 37.7 Å². The number of carbonyl (C=O) groups is 2. The predicted molar refractivity (Wildman–Crippen MR) is 114 cm³/mol. The van der Waals surface area contributed by atoms with Crippen molar-refractivity contribution >= 4 is 11.8 Å². The molecule has 0 saturated heterocycles. The maximum Gasteiger partial charge on any atom is 0.251 e. The summed E-state index contributed by atoms with van der Waals surface area (Å²) in [5.41, 5.74) is 9.15. The van der Waals surface area contributed by atoms with E-state index in [1.54, 1.807) is 38.2 Å². The summed E-state index contributed by atoms with van der Waals surface area (Å²) in [6, 6.07) is 6.64. The van der Waals surface area contributed by atoms with Crippen molar-refractivity contribution in [1.29, 1.82) is 0 Å². The molecule has 0 aliphatic carbocycles. The fourth-order valence-corrected chi connectivity index (χ4v) is 2.16. The van der Waals surface area contributed by atoms with E-state index in [2.05, 4.69) is 37.8 Å². The lowest BCUT2D eigenvalue weighted by molar-refractivity contribution is -0.126. The molecule has 0 aliphatic rings. The third-order valence-electron chi connectivity index (χ3n) is 3.65. The Morgan fingerprint density at radius 3 is 2.84 bits per heavy atom. The Balaban J connectivity index is 2.39. The van der Waals surface area contributed by atoms with E-state index >= 15 is 0 Å². The van der Waals surface area contributed by atoms with Crippen LogP contribution in [-0.2, 0) is 14.3 Å². The van der Waals surface area contributed by atoms with E-state index in [0.29, 0.717) is 24.4 Å². The Bertz CT molecular complexity index is 801. The smallest absolute Gasteiger partial charge is 0.251 e. The largest absolute Gasteiger partial charge is 0.491 e. The van der Waals surface area contributed by atoms with Crippen LogP contribution in [0.5, 0.6) is 5.75 Å². The molecule has 168 valence electrons. The number of azide groups is 1. The molecule has 1 rings (SSSR count). The summed E-state index contributed by atoms with van der Waals surface area (Å²) in [7, 11) is 1.80. The number of likely N-dealkylation sites (N-methyl/N-ethyl adjacent to an activating group) is 1. The topological polar surface area (TPSA) is 147 Å². The molecule has 3 N–H and O–H groups in total. The van der Waals surface area contributed by atoms with Crippen LogP contribution in [0, 0.1) is 11.8 Å². The highest BCUT2D eigenvalue weighted by Crippen LogP contribution is 2.14. The van der Waals surface area contributed by atoms with Gasteiger partial charge in [-0.2, -0.15) is 0 Å². The third-order valence-corrected chi connectivity index (χ3v) is 3.65. The highest BCUT2D eigenvalue weighted by Gasteiger charge is 2.10. The zero-order valence-electron chi connectivity index (χ0n) is 17.7. The lowest BCUT2D eigenvalue weighted by atomic mass is 10.2. The first-order chi connectivity index (χ1) is 15.1. The molecule has 1 aromatic rings. The standard InChI is InChI=1S/C20H28N6O5/c1-3-4-8-23-18(27)14-29-11-12-30-19(25-26-21)15-31-17-7-5-6-16(13-17)20(28)24-10-9-22-2/h5-7,13,19,22H,8-12,14-15H2,1-2H3,(H,23,27)(H,24,28). The van der Waals surface area contributed by atoms with Gasteiger partial charge in [-0.15, -0.1) is 5.92 Å². The summed E-state index contributed by atoms with van der Waals surface area (Å²) in [5, 5.41) is 11.8. The molecule has 1 unspecified atom stereocenters. The Kier molecular flexibility index (Phi) is 13.7. The van der Waals surface area contributed by atoms with Crippen LogP contribution in [0.15, 0.2) is 29.4 Å². The fraction of sp³-hybridized carbons (Fsp3) is 0.500. The van der Waals surface area contributed by atoms with Gasteiger partial charge in [0.2, 0.25) is 5.91 Å². The minimum absolute atomic E-state index is 0.0505. The monoisotopic (exact) mass is 432 g/mol. The molecule has 0 saturated carbocycles. The first-order valence-electron chi connectivity index (χ1n) is 9.66. The average molecular weight is 432 g/mol. The van der Waals surface area contributed by atoms with Crippen molar-refractivity contribution in [3.05, 3.63) is 40.3 Å². The maximum absolute atomic E-state index is 12.1. The van der Waals surface area contributed by atoms with Crippen LogP contribution in [-0.4, -0.2) is 71.2 Å². The molecule has 31 heavy (non-hydrogen) atoms. The SMILES string of the molecule is CC#CCNC(=O)COCCOC(COc1cccc(C(=O)NCCNC)c1)N=[N+]=[N-]. The molecule has 0 heterocycles. The molecular weight excluding hydrogens is 404 g/mol. The number of hydrogen-bond donors (Lipinski definition) is 3. The minimum atomic E-state index is -0.893. The van der Waals surface area contributed by atoms with E-state index in [1.807, 2.05) is 0 Å². The zero-order chi connectivity index (χ0) is 22.7.